The fourth-order valence-electron chi connectivity index (χ4n) is 2.12. The van der Waals surface area contributed by atoms with Gasteiger partial charge in [-0.05, 0) is 31.9 Å². The summed E-state index contributed by atoms with van der Waals surface area (Å²) < 4.78 is 21.3. The molecule has 0 saturated carbocycles. The summed E-state index contributed by atoms with van der Waals surface area (Å²) in [6.07, 6.45) is 1.84. The third-order valence-electron chi connectivity index (χ3n) is 3.05. The van der Waals surface area contributed by atoms with E-state index in [-0.39, 0.29) is 5.97 Å². The molecule has 1 heterocycles. The predicted molar refractivity (Wildman–Crippen MR) is 73.6 cm³/mol. The van der Waals surface area contributed by atoms with Crippen molar-refractivity contribution in [2.24, 2.45) is 0 Å². The average molecular weight is 280 g/mol. The van der Waals surface area contributed by atoms with Crippen molar-refractivity contribution in [2.45, 2.75) is 19.8 Å². The molecule has 0 saturated heterocycles. The van der Waals surface area contributed by atoms with Crippen LogP contribution in [0.25, 0.3) is 0 Å². The lowest BCUT2D eigenvalue weighted by atomic mass is 10.0. The van der Waals surface area contributed by atoms with Gasteiger partial charge in [-0.15, -0.1) is 0 Å². The Bertz CT molecular complexity index is 470. The van der Waals surface area contributed by atoms with E-state index in [9.17, 15) is 4.79 Å². The lowest BCUT2D eigenvalue weighted by Crippen LogP contribution is -2.14. The van der Waals surface area contributed by atoms with E-state index in [1.165, 1.54) is 0 Å². The van der Waals surface area contributed by atoms with Gasteiger partial charge >= 0.3 is 5.97 Å². The topological polar surface area (TPSA) is 54.0 Å². The highest BCUT2D eigenvalue weighted by molar-refractivity contribution is 5.90. The Morgan fingerprint density at radius 1 is 1.35 bits per heavy atom. The molecule has 1 aliphatic heterocycles. The Morgan fingerprint density at radius 3 is 2.95 bits per heavy atom. The van der Waals surface area contributed by atoms with E-state index >= 15 is 0 Å². The zero-order valence-corrected chi connectivity index (χ0v) is 11.9. The Balaban J connectivity index is 2.26. The molecule has 0 spiro atoms. The number of carbonyl (C=O) groups excluding carboxylic acids is 1. The van der Waals surface area contributed by atoms with Gasteiger partial charge in [-0.1, -0.05) is 0 Å². The molecule has 0 N–H and O–H groups in total. The Morgan fingerprint density at radius 2 is 2.20 bits per heavy atom. The van der Waals surface area contributed by atoms with Crippen LogP contribution >= 0.6 is 0 Å². The number of fused-ring (bicyclic) bond motifs is 1. The predicted octanol–water partition coefficient (Wildman–Crippen LogP) is 2.21. The highest BCUT2D eigenvalue weighted by Crippen LogP contribution is 2.34. The van der Waals surface area contributed by atoms with Gasteiger partial charge in [-0.25, -0.2) is 4.79 Å². The first kappa shape index (κ1) is 14.7. The van der Waals surface area contributed by atoms with Crippen LogP contribution in [0.1, 0.15) is 29.3 Å². The van der Waals surface area contributed by atoms with Gasteiger partial charge in [0.2, 0.25) is 0 Å². The fourth-order valence-corrected chi connectivity index (χ4v) is 2.12. The normalized spacial score (nSPS) is 13.3. The smallest absolute Gasteiger partial charge is 0.338 e. The van der Waals surface area contributed by atoms with E-state index in [1.54, 1.807) is 26.2 Å². The molecule has 0 unspecified atom stereocenters. The number of carbonyl (C=O) groups is 1. The minimum Gasteiger partial charge on any atom is -0.493 e. The van der Waals surface area contributed by atoms with Crippen molar-refractivity contribution < 1.29 is 23.7 Å². The number of esters is 1. The highest BCUT2D eigenvalue weighted by atomic mass is 16.5. The van der Waals surface area contributed by atoms with Crippen LogP contribution in [0.2, 0.25) is 0 Å². The van der Waals surface area contributed by atoms with Crippen LogP contribution in [0.5, 0.6) is 11.5 Å². The van der Waals surface area contributed by atoms with Crippen molar-refractivity contribution in [2.75, 3.05) is 33.5 Å². The van der Waals surface area contributed by atoms with Crippen molar-refractivity contribution >= 4 is 5.97 Å². The molecule has 1 aliphatic rings. The zero-order chi connectivity index (χ0) is 14.4. The monoisotopic (exact) mass is 280 g/mol. The van der Waals surface area contributed by atoms with Crippen molar-refractivity contribution in [1.82, 2.24) is 0 Å². The quantitative estimate of drug-likeness (QED) is 0.590. The van der Waals surface area contributed by atoms with Crippen LogP contribution in [0.4, 0.5) is 0 Å². The zero-order valence-electron chi connectivity index (χ0n) is 11.9. The average Bonchev–Trinajstić information content (AvgIpc) is 2.47. The molecule has 1 aromatic carbocycles. The number of ether oxygens (including phenoxy) is 4. The summed E-state index contributed by atoms with van der Waals surface area (Å²) in [6.45, 7) is 3.73. The molecule has 0 atom stereocenters. The molecule has 0 aromatic heterocycles. The molecule has 0 amide bonds. The first-order chi connectivity index (χ1) is 9.76. The molecule has 2 rings (SSSR count). The number of hydrogen-bond donors (Lipinski definition) is 0. The third kappa shape index (κ3) is 3.42. The third-order valence-corrected chi connectivity index (χ3v) is 3.05. The maximum atomic E-state index is 11.9. The maximum Gasteiger partial charge on any atom is 0.338 e. The van der Waals surface area contributed by atoms with Gasteiger partial charge < -0.3 is 18.9 Å². The van der Waals surface area contributed by atoms with Crippen LogP contribution in [0.3, 0.4) is 0 Å². The van der Waals surface area contributed by atoms with Crippen LogP contribution in [-0.4, -0.2) is 39.5 Å². The summed E-state index contributed by atoms with van der Waals surface area (Å²) in [7, 11) is 1.62. The van der Waals surface area contributed by atoms with Gasteiger partial charge in [-0.3, -0.25) is 0 Å². The standard InChI is InChI=1S/C15H20O5/c1-3-18-15(16)11-9-13-12(5-4-6-19-13)14(10-11)20-8-7-17-2/h9-10H,3-8H2,1-2H3. The summed E-state index contributed by atoms with van der Waals surface area (Å²) in [5.74, 6) is 1.04. The van der Waals surface area contributed by atoms with Gasteiger partial charge in [0.25, 0.3) is 0 Å². The SMILES string of the molecule is CCOC(=O)c1cc2c(c(OCCOC)c1)CCCO2. The molecule has 0 bridgehead atoms. The van der Waals surface area contributed by atoms with Crippen molar-refractivity contribution in [1.29, 1.82) is 0 Å². The second kappa shape index (κ2) is 7.14. The lowest BCUT2D eigenvalue weighted by Gasteiger charge is -2.21. The van der Waals surface area contributed by atoms with Crippen LogP contribution in [0.15, 0.2) is 12.1 Å². The molecule has 110 valence electrons. The Kier molecular flexibility index (Phi) is 5.24. The summed E-state index contributed by atoms with van der Waals surface area (Å²) in [4.78, 5) is 11.9. The number of methoxy groups -OCH3 is 1. The Hall–Kier alpha value is -1.75. The van der Waals surface area contributed by atoms with E-state index in [0.29, 0.717) is 43.5 Å². The van der Waals surface area contributed by atoms with Gasteiger partial charge in [0.1, 0.15) is 18.1 Å². The number of rotatable bonds is 6. The first-order valence-corrected chi connectivity index (χ1v) is 6.84. The molecule has 1 aromatic rings. The van der Waals surface area contributed by atoms with Crippen LogP contribution in [-0.2, 0) is 15.9 Å². The second-order valence-corrected chi connectivity index (χ2v) is 4.46. The summed E-state index contributed by atoms with van der Waals surface area (Å²) in [6, 6.07) is 3.46. The Labute approximate surface area is 118 Å². The fraction of sp³-hybridized carbons (Fsp3) is 0.533. The summed E-state index contributed by atoms with van der Waals surface area (Å²) in [5, 5.41) is 0. The molecule has 0 radical (unpaired) electrons. The van der Waals surface area contributed by atoms with E-state index in [4.69, 9.17) is 18.9 Å². The molecule has 20 heavy (non-hydrogen) atoms. The highest BCUT2D eigenvalue weighted by Gasteiger charge is 2.20. The second-order valence-electron chi connectivity index (χ2n) is 4.46. The van der Waals surface area contributed by atoms with E-state index < -0.39 is 0 Å². The lowest BCUT2D eigenvalue weighted by molar-refractivity contribution is 0.0525. The van der Waals surface area contributed by atoms with Gasteiger partial charge in [0.05, 0.1) is 25.4 Å². The van der Waals surface area contributed by atoms with Crippen molar-refractivity contribution in [3.05, 3.63) is 23.3 Å². The molecular weight excluding hydrogens is 260 g/mol. The molecular formula is C15H20O5. The van der Waals surface area contributed by atoms with Crippen molar-refractivity contribution in [3.8, 4) is 11.5 Å². The number of hydrogen-bond acceptors (Lipinski definition) is 5. The molecule has 5 heteroatoms. The van der Waals surface area contributed by atoms with E-state index in [2.05, 4.69) is 0 Å². The van der Waals surface area contributed by atoms with Crippen LogP contribution < -0.4 is 9.47 Å². The molecule has 5 nitrogen and oxygen atoms in total. The van der Waals surface area contributed by atoms with Gasteiger partial charge in [0, 0.05) is 12.7 Å². The van der Waals surface area contributed by atoms with E-state index in [0.717, 1.165) is 18.4 Å². The van der Waals surface area contributed by atoms with Crippen LogP contribution in [0, 0.1) is 0 Å². The minimum atomic E-state index is -0.360. The molecule has 0 aliphatic carbocycles. The van der Waals surface area contributed by atoms with E-state index in [1.807, 2.05) is 0 Å². The molecule has 0 fully saturated rings. The van der Waals surface area contributed by atoms with Gasteiger partial charge in [-0.2, -0.15) is 0 Å². The first-order valence-electron chi connectivity index (χ1n) is 6.84. The summed E-state index contributed by atoms with van der Waals surface area (Å²) >= 11 is 0. The summed E-state index contributed by atoms with van der Waals surface area (Å²) in [5.41, 5.74) is 1.47. The maximum absolute atomic E-state index is 11.9. The minimum absolute atomic E-state index is 0.344. The van der Waals surface area contributed by atoms with Crippen molar-refractivity contribution in [3.63, 3.8) is 0 Å². The largest absolute Gasteiger partial charge is 0.493 e. The number of benzene rings is 1. The van der Waals surface area contributed by atoms with Gasteiger partial charge in [0.15, 0.2) is 0 Å².